The maximum absolute atomic E-state index is 11.6. The highest BCUT2D eigenvalue weighted by atomic mass is 16.5. The van der Waals surface area contributed by atoms with Crippen molar-refractivity contribution < 1.29 is 23.9 Å². The average Bonchev–Trinajstić information content (AvgIpc) is 2.34. The van der Waals surface area contributed by atoms with Gasteiger partial charge in [-0.1, -0.05) is 13.3 Å². The molecule has 0 aromatic carbocycles. The monoisotopic (exact) mass is 258 g/mol. The van der Waals surface area contributed by atoms with Gasteiger partial charge in [0.1, 0.15) is 5.78 Å². The SMILES string of the molecule is CCCC(C(C)=O)C(CC(=O)OC)CC(=O)OC. The molecule has 18 heavy (non-hydrogen) atoms. The third-order valence-corrected chi connectivity index (χ3v) is 3.00. The lowest BCUT2D eigenvalue weighted by Gasteiger charge is -2.23. The number of carbonyl (C=O) groups is 3. The van der Waals surface area contributed by atoms with Gasteiger partial charge in [-0.2, -0.15) is 0 Å². The average molecular weight is 258 g/mol. The van der Waals surface area contributed by atoms with Crippen molar-refractivity contribution in [1.82, 2.24) is 0 Å². The molecule has 5 nitrogen and oxygen atoms in total. The Morgan fingerprint density at radius 3 is 1.72 bits per heavy atom. The Kier molecular flexibility index (Phi) is 8.00. The summed E-state index contributed by atoms with van der Waals surface area (Å²) >= 11 is 0. The van der Waals surface area contributed by atoms with E-state index in [0.717, 1.165) is 6.42 Å². The molecule has 104 valence electrons. The Labute approximate surface area is 108 Å². The van der Waals surface area contributed by atoms with E-state index in [0.29, 0.717) is 6.42 Å². The molecule has 0 radical (unpaired) electrons. The van der Waals surface area contributed by atoms with E-state index in [2.05, 4.69) is 9.47 Å². The van der Waals surface area contributed by atoms with Crippen molar-refractivity contribution in [2.75, 3.05) is 14.2 Å². The minimum absolute atomic E-state index is 0.00495. The van der Waals surface area contributed by atoms with Gasteiger partial charge in [0.2, 0.25) is 0 Å². The number of hydrogen-bond acceptors (Lipinski definition) is 5. The van der Waals surface area contributed by atoms with Gasteiger partial charge in [0.25, 0.3) is 0 Å². The van der Waals surface area contributed by atoms with E-state index in [9.17, 15) is 14.4 Å². The van der Waals surface area contributed by atoms with Crippen LogP contribution in [0, 0.1) is 11.8 Å². The number of rotatable bonds is 8. The van der Waals surface area contributed by atoms with Crippen molar-refractivity contribution in [2.45, 2.75) is 39.5 Å². The maximum Gasteiger partial charge on any atom is 0.305 e. The molecule has 0 bridgehead atoms. The predicted molar refractivity (Wildman–Crippen MR) is 65.8 cm³/mol. The summed E-state index contributed by atoms with van der Waals surface area (Å²) in [6, 6.07) is 0. The molecule has 0 aliphatic rings. The zero-order valence-corrected chi connectivity index (χ0v) is 11.5. The molecule has 0 spiro atoms. The summed E-state index contributed by atoms with van der Waals surface area (Å²) in [5.74, 6) is -1.47. The van der Waals surface area contributed by atoms with Gasteiger partial charge in [0.05, 0.1) is 14.2 Å². The first-order valence-electron chi connectivity index (χ1n) is 6.10. The van der Waals surface area contributed by atoms with Gasteiger partial charge >= 0.3 is 11.9 Å². The zero-order valence-electron chi connectivity index (χ0n) is 11.5. The van der Waals surface area contributed by atoms with Gasteiger partial charge < -0.3 is 9.47 Å². The molecule has 0 amide bonds. The molecule has 1 atom stereocenters. The van der Waals surface area contributed by atoms with E-state index in [-0.39, 0.29) is 30.5 Å². The summed E-state index contributed by atoms with van der Waals surface area (Å²) in [4.78, 5) is 34.3. The van der Waals surface area contributed by atoms with Crippen molar-refractivity contribution >= 4 is 17.7 Å². The van der Waals surface area contributed by atoms with E-state index in [1.807, 2.05) is 6.92 Å². The topological polar surface area (TPSA) is 69.7 Å². The minimum atomic E-state index is -0.411. The lowest BCUT2D eigenvalue weighted by atomic mass is 9.81. The Morgan fingerprint density at radius 1 is 1.00 bits per heavy atom. The van der Waals surface area contributed by atoms with Crippen molar-refractivity contribution in [3.05, 3.63) is 0 Å². The summed E-state index contributed by atoms with van der Waals surface area (Å²) < 4.78 is 9.20. The van der Waals surface area contributed by atoms with Crippen LogP contribution in [-0.2, 0) is 23.9 Å². The number of ether oxygens (including phenoxy) is 2. The van der Waals surface area contributed by atoms with Gasteiger partial charge in [-0.3, -0.25) is 14.4 Å². The van der Waals surface area contributed by atoms with Crippen molar-refractivity contribution in [3.63, 3.8) is 0 Å². The summed E-state index contributed by atoms with van der Waals surface area (Å²) in [6.07, 6.45) is 1.61. The molecule has 1 unspecified atom stereocenters. The first kappa shape index (κ1) is 16.6. The second kappa shape index (κ2) is 8.66. The van der Waals surface area contributed by atoms with E-state index in [1.165, 1.54) is 21.1 Å². The highest BCUT2D eigenvalue weighted by Crippen LogP contribution is 2.26. The van der Waals surface area contributed by atoms with Crippen LogP contribution in [0.1, 0.15) is 39.5 Å². The second-order valence-electron chi connectivity index (χ2n) is 4.33. The van der Waals surface area contributed by atoms with Crippen LogP contribution >= 0.6 is 0 Å². The number of methoxy groups -OCH3 is 2. The fourth-order valence-corrected chi connectivity index (χ4v) is 2.03. The molecule has 0 saturated carbocycles. The van der Waals surface area contributed by atoms with Gasteiger partial charge in [-0.15, -0.1) is 0 Å². The van der Waals surface area contributed by atoms with Crippen LogP contribution in [-0.4, -0.2) is 31.9 Å². The Morgan fingerprint density at radius 2 is 1.44 bits per heavy atom. The van der Waals surface area contributed by atoms with Crippen LogP contribution in [0.5, 0.6) is 0 Å². The van der Waals surface area contributed by atoms with Gasteiger partial charge in [-0.05, 0) is 19.3 Å². The molecular formula is C13H22O5. The van der Waals surface area contributed by atoms with E-state index >= 15 is 0 Å². The molecular weight excluding hydrogens is 236 g/mol. The van der Waals surface area contributed by atoms with Crippen LogP contribution < -0.4 is 0 Å². The number of hydrogen-bond donors (Lipinski definition) is 0. The zero-order chi connectivity index (χ0) is 14.1. The molecule has 0 heterocycles. The molecule has 0 rings (SSSR count). The molecule has 0 aromatic rings. The Balaban J connectivity index is 4.84. The fourth-order valence-electron chi connectivity index (χ4n) is 2.03. The summed E-state index contributed by atoms with van der Waals surface area (Å²) in [6.45, 7) is 3.45. The highest BCUT2D eigenvalue weighted by Gasteiger charge is 2.29. The molecule has 0 aromatic heterocycles. The summed E-state index contributed by atoms with van der Waals surface area (Å²) in [5.41, 5.74) is 0. The Hall–Kier alpha value is -1.39. The number of Topliss-reactive ketones (excluding diaryl/α,β-unsaturated/α-hetero) is 1. The quantitative estimate of drug-likeness (QED) is 0.620. The lowest BCUT2D eigenvalue weighted by molar-refractivity contribution is -0.145. The normalized spacial score (nSPS) is 12.1. The fraction of sp³-hybridized carbons (Fsp3) is 0.769. The first-order chi connectivity index (χ1) is 8.46. The van der Waals surface area contributed by atoms with E-state index in [1.54, 1.807) is 0 Å². The molecule has 5 heteroatoms. The van der Waals surface area contributed by atoms with Crippen molar-refractivity contribution in [3.8, 4) is 0 Å². The molecule has 0 aliphatic heterocycles. The largest absolute Gasteiger partial charge is 0.469 e. The summed E-state index contributed by atoms with van der Waals surface area (Å²) in [5, 5.41) is 0. The number of carbonyl (C=O) groups excluding carboxylic acids is 3. The van der Waals surface area contributed by atoms with Gasteiger partial charge in [0.15, 0.2) is 0 Å². The smallest absolute Gasteiger partial charge is 0.305 e. The molecule has 0 N–H and O–H groups in total. The van der Waals surface area contributed by atoms with Crippen LogP contribution in [0.25, 0.3) is 0 Å². The third kappa shape index (κ3) is 5.80. The van der Waals surface area contributed by atoms with Gasteiger partial charge in [-0.25, -0.2) is 0 Å². The van der Waals surface area contributed by atoms with Crippen molar-refractivity contribution in [2.24, 2.45) is 11.8 Å². The van der Waals surface area contributed by atoms with Crippen LogP contribution in [0.15, 0.2) is 0 Å². The second-order valence-corrected chi connectivity index (χ2v) is 4.33. The van der Waals surface area contributed by atoms with Crippen LogP contribution in [0.4, 0.5) is 0 Å². The van der Waals surface area contributed by atoms with E-state index < -0.39 is 11.9 Å². The minimum Gasteiger partial charge on any atom is -0.469 e. The number of esters is 2. The highest BCUT2D eigenvalue weighted by molar-refractivity contribution is 5.81. The summed E-state index contributed by atoms with van der Waals surface area (Å²) in [7, 11) is 2.58. The van der Waals surface area contributed by atoms with Gasteiger partial charge in [0, 0.05) is 18.8 Å². The molecule has 0 saturated heterocycles. The number of ketones is 1. The van der Waals surface area contributed by atoms with Crippen LogP contribution in [0.2, 0.25) is 0 Å². The van der Waals surface area contributed by atoms with Crippen molar-refractivity contribution in [1.29, 1.82) is 0 Å². The third-order valence-electron chi connectivity index (χ3n) is 3.00. The molecule has 0 fully saturated rings. The van der Waals surface area contributed by atoms with E-state index in [4.69, 9.17) is 0 Å². The molecule has 0 aliphatic carbocycles. The Bertz CT molecular complexity index is 280. The lowest BCUT2D eigenvalue weighted by Crippen LogP contribution is -2.27. The maximum atomic E-state index is 11.6. The standard InChI is InChI=1S/C13H22O5/c1-5-6-11(9(2)14)10(7-12(15)17-3)8-13(16)18-4/h10-11H,5-8H2,1-4H3. The van der Waals surface area contributed by atoms with Crippen LogP contribution in [0.3, 0.4) is 0 Å². The predicted octanol–water partition coefficient (Wildman–Crippen LogP) is 1.73. The first-order valence-corrected chi connectivity index (χ1v) is 6.10.